The summed E-state index contributed by atoms with van der Waals surface area (Å²) < 4.78 is 10.2. The van der Waals surface area contributed by atoms with E-state index in [1.807, 2.05) is 0 Å². The maximum atomic E-state index is 9.58. The minimum Gasteiger partial charge on any atom is -0.396 e. The van der Waals surface area contributed by atoms with E-state index in [2.05, 4.69) is 18.7 Å². The molecule has 0 saturated carbocycles. The molecule has 0 radical (unpaired) electrons. The largest absolute Gasteiger partial charge is 0.396 e. The smallest absolute Gasteiger partial charge is 0.0589 e. The number of hydrogen-bond acceptors (Lipinski definition) is 4. The lowest BCUT2D eigenvalue weighted by atomic mass is 9.86. The van der Waals surface area contributed by atoms with Crippen LogP contribution in [0.15, 0.2) is 0 Å². The van der Waals surface area contributed by atoms with Gasteiger partial charge in [-0.15, -0.1) is 0 Å². The second-order valence-corrected chi connectivity index (χ2v) is 5.33. The van der Waals surface area contributed by atoms with Crippen molar-refractivity contribution in [2.75, 3.05) is 53.7 Å². The summed E-state index contributed by atoms with van der Waals surface area (Å²) >= 11 is 0. The Hall–Kier alpha value is -0.160. The Labute approximate surface area is 112 Å². The van der Waals surface area contributed by atoms with E-state index in [1.165, 1.54) is 0 Å². The number of ether oxygens (including phenoxy) is 2. The summed E-state index contributed by atoms with van der Waals surface area (Å²) in [6.07, 6.45) is 3.18. The summed E-state index contributed by atoms with van der Waals surface area (Å²) in [7, 11) is 3.46. The highest BCUT2D eigenvalue weighted by Crippen LogP contribution is 2.24. The summed E-state index contributed by atoms with van der Waals surface area (Å²) in [6.45, 7) is 8.92. The van der Waals surface area contributed by atoms with Crippen LogP contribution in [0.3, 0.4) is 0 Å². The van der Waals surface area contributed by atoms with E-state index in [9.17, 15) is 5.11 Å². The van der Waals surface area contributed by atoms with Crippen molar-refractivity contribution in [2.45, 2.75) is 33.1 Å². The highest BCUT2D eigenvalue weighted by molar-refractivity contribution is 4.77. The van der Waals surface area contributed by atoms with Gasteiger partial charge in [0.1, 0.15) is 0 Å². The van der Waals surface area contributed by atoms with Gasteiger partial charge in [-0.3, -0.25) is 0 Å². The molecule has 0 heterocycles. The average Bonchev–Trinajstić information content (AvgIpc) is 2.36. The van der Waals surface area contributed by atoms with Crippen LogP contribution in [0.2, 0.25) is 0 Å². The third-order valence-corrected chi connectivity index (χ3v) is 3.28. The molecule has 0 bridgehead atoms. The van der Waals surface area contributed by atoms with E-state index in [-0.39, 0.29) is 12.0 Å². The molecule has 1 N–H and O–H groups in total. The maximum absolute atomic E-state index is 9.58. The molecule has 0 aromatic carbocycles. The zero-order valence-electron chi connectivity index (χ0n) is 12.6. The number of aliphatic hydroxyl groups is 1. The third-order valence-electron chi connectivity index (χ3n) is 3.28. The molecule has 1 atom stereocenters. The first-order valence-corrected chi connectivity index (χ1v) is 6.93. The van der Waals surface area contributed by atoms with Crippen molar-refractivity contribution in [3.05, 3.63) is 0 Å². The first-order chi connectivity index (χ1) is 8.61. The molecule has 0 aromatic heterocycles. The van der Waals surface area contributed by atoms with Crippen LogP contribution in [0.4, 0.5) is 0 Å². The predicted octanol–water partition coefficient (Wildman–Crippen LogP) is 1.77. The van der Waals surface area contributed by atoms with E-state index in [0.717, 1.165) is 52.1 Å². The Bertz CT molecular complexity index is 190. The molecule has 0 rings (SSSR count). The second-order valence-electron chi connectivity index (χ2n) is 5.33. The summed E-state index contributed by atoms with van der Waals surface area (Å²) in [5.74, 6) is 0. The van der Waals surface area contributed by atoms with Crippen LogP contribution in [0.5, 0.6) is 0 Å². The van der Waals surface area contributed by atoms with Gasteiger partial charge in [-0.05, 0) is 12.8 Å². The van der Waals surface area contributed by atoms with Gasteiger partial charge in [0, 0.05) is 52.5 Å². The third kappa shape index (κ3) is 8.03. The van der Waals surface area contributed by atoms with Gasteiger partial charge in [0.15, 0.2) is 0 Å². The summed E-state index contributed by atoms with van der Waals surface area (Å²) in [5, 5.41) is 9.58. The molecule has 0 amide bonds. The van der Waals surface area contributed by atoms with Gasteiger partial charge in [-0.25, -0.2) is 0 Å². The fourth-order valence-corrected chi connectivity index (χ4v) is 2.27. The Morgan fingerprint density at radius 2 is 1.78 bits per heavy atom. The predicted molar refractivity (Wildman–Crippen MR) is 74.9 cm³/mol. The number of hydrogen-bond donors (Lipinski definition) is 1. The minimum absolute atomic E-state index is 0.00440. The van der Waals surface area contributed by atoms with Crippen LogP contribution < -0.4 is 0 Å². The lowest BCUT2D eigenvalue weighted by Gasteiger charge is -2.34. The Balaban J connectivity index is 4.25. The van der Waals surface area contributed by atoms with Gasteiger partial charge in [0.05, 0.1) is 6.61 Å². The molecule has 0 fully saturated rings. The van der Waals surface area contributed by atoms with Gasteiger partial charge in [0.2, 0.25) is 0 Å². The minimum atomic E-state index is -0.00440. The zero-order chi connectivity index (χ0) is 13.9. The number of rotatable bonds is 12. The van der Waals surface area contributed by atoms with Crippen molar-refractivity contribution < 1.29 is 14.6 Å². The normalized spacial score (nSPS) is 15.0. The van der Waals surface area contributed by atoms with Gasteiger partial charge < -0.3 is 19.5 Å². The average molecular weight is 261 g/mol. The van der Waals surface area contributed by atoms with Crippen molar-refractivity contribution in [1.29, 1.82) is 0 Å². The topological polar surface area (TPSA) is 41.9 Å². The molecular weight excluding hydrogens is 230 g/mol. The van der Waals surface area contributed by atoms with Crippen molar-refractivity contribution >= 4 is 0 Å². The van der Waals surface area contributed by atoms with E-state index < -0.39 is 0 Å². The molecule has 0 saturated heterocycles. The van der Waals surface area contributed by atoms with Gasteiger partial charge in [0.25, 0.3) is 0 Å². The van der Waals surface area contributed by atoms with Gasteiger partial charge in [-0.1, -0.05) is 20.3 Å². The molecule has 1 unspecified atom stereocenters. The molecule has 110 valence electrons. The van der Waals surface area contributed by atoms with E-state index in [0.29, 0.717) is 0 Å². The molecule has 0 aromatic rings. The fourth-order valence-electron chi connectivity index (χ4n) is 2.27. The standard InChI is InChI=1S/C14H31NO3/c1-5-7-14(2,13-16)12-15(9-11-18-4)8-6-10-17-3/h16H,5-13H2,1-4H3. The van der Waals surface area contributed by atoms with E-state index >= 15 is 0 Å². The molecule has 0 aliphatic heterocycles. The number of aliphatic hydroxyl groups excluding tert-OH is 1. The maximum Gasteiger partial charge on any atom is 0.0589 e. The Morgan fingerprint density at radius 3 is 2.28 bits per heavy atom. The quantitative estimate of drug-likeness (QED) is 0.544. The van der Waals surface area contributed by atoms with Crippen LogP contribution in [0, 0.1) is 5.41 Å². The van der Waals surface area contributed by atoms with Crippen LogP contribution >= 0.6 is 0 Å². The summed E-state index contributed by atoms with van der Waals surface area (Å²) in [4.78, 5) is 2.37. The molecule has 4 nitrogen and oxygen atoms in total. The molecule has 18 heavy (non-hydrogen) atoms. The van der Waals surface area contributed by atoms with Gasteiger partial charge >= 0.3 is 0 Å². The van der Waals surface area contributed by atoms with E-state index in [4.69, 9.17) is 9.47 Å². The fraction of sp³-hybridized carbons (Fsp3) is 1.00. The molecule has 0 spiro atoms. The molecule has 0 aliphatic rings. The monoisotopic (exact) mass is 261 g/mol. The Morgan fingerprint density at radius 1 is 1.11 bits per heavy atom. The van der Waals surface area contributed by atoms with Crippen molar-refractivity contribution in [3.8, 4) is 0 Å². The lowest BCUT2D eigenvalue weighted by Crippen LogP contribution is -2.40. The van der Waals surface area contributed by atoms with Crippen molar-refractivity contribution in [3.63, 3.8) is 0 Å². The number of methoxy groups -OCH3 is 2. The van der Waals surface area contributed by atoms with Crippen LogP contribution in [0.1, 0.15) is 33.1 Å². The van der Waals surface area contributed by atoms with Crippen LogP contribution in [-0.4, -0.2) is 63.7 Å². The highest BCUT2D eigenvalue weighted by Gasteiger charge is 2.25. The zero-order valence-corrected chi connectivity index (χ0v) is 12.6. The van der Waals surface area contributed by atoms with Crippen LogP contribution in [0.25, 0.3) is 0 Å². The SMILES string of the molecule is CCCC(C)(CO)CN(CCCOC)CCOC. The molecular formula is C14H31NO3. The molecule has 4 heteroatoms. The van der Waals surface area contributed by atoms with Crippen LogP contribution in [-0.2, 0) is 9.47 Å². The first kappa shape index (κ1) is 17.8. The second kappa shape index (κ2) is 10.7. The first-order valence-electron chi connectivity index (χ1n) is 6.93. The van der Waals surface area contributed by atoms with Crippen molar-refractivity contribution in [1.82, 2.24) is 4.90 Å². The van der Waals surface area contributed by atoms with Crippen molar-refractivity contribution in [2.24, 2.45) is 5.41 Å². The molecule has 0 aliphatic carbocycles. The summed E-state index contributed by atoms with van der Waals surface area (Å²) in [5.41, 5.74) is -0.00440. The van der Waals surface area contributed by atoms with Gasteiger partial charge in [-0.2, -0.15) is 0 Å². The lowest BCUT2D eigenvalue weighted by molar-refractivity contribution is 0.0596. The number of nitrogens with zero attached hydrogens (tertiary/aromatic N) is 1. The van der Waals surface area contributed by atoms with E-state index in [1.54, 1.807) is 14.2 Å². The summed E-state index contributed by atoms with van der Waals surface area (Å²) in [6, 6.07) is 0. The highest BCUT2D eigenvalue weighted by atomic mass is 16.5. The Kier molecular flexibility index (Phi) is 10.6.